The Morgan fingerprint density at radius 3 is 2.10 bits per heavy atom. The molecule has 10 heavy (non-hydrogen) atoms. The molecule has 0 heterocycles. The molecule has 0 fully saturated rings. The second-order valence-corrected chi connectivity index (χ2v) is 2.01. The fraction of sp³-hybridized carbons (Fsp3) is 0.250. The van der Waals surface area contributed by atoms with E-state index < -0.39 is 0 Å². The molecule has 0 spiro atoms. The third-order valence-corrected chi connectivity index (χ3v) is 1.35. The summed E-state index contributed by atoms with van der Waals surface area (Å²) >= 11 is 0. The van der Waals surface area contributed by atoms with Crippen LogP contribution < -0.4 is 24.0 Å². The van der Waals surface area contributed by atoms with Crippen LogP contribution >= 0.6 is 0 Å². The molecule has 0 saturated carbocycles. The van der Waals surface area contributed by atoms with Gasteiger partial charge in [0.2, 0.25) is 0 Å². The summed E-state index contributed by atoms with van der Waals surface area (Å²) in [5, 5.41) is 0. The van der Waals surface area contributed by atoms with Crippen molar-refractivity contribution in [2.45, 2.75) is 13.8 Å². The zero-order valence-electron chi connectivity index (χ0n) is 6.32. The normalized spacial score (nSPS) is 7.40. The molecule has 0 amide bonds. The maximum Gasteiger partial charge on any atom is 2.00 e. The minimum atomic E-state index is 0. The van der Waals surface area contributed by atoms with Gasteiger partial charge in [0.05, 0.1) is 0 Å². The van der Waals surface area contributed by atoms with Gasteiger partial charge < -0.3 is 24.0 Å². The van der Waals surface area contributed by atoms with Gasteiger partial charge in [-0.3, -0.25) is 0 Å². The Hall–Kier alpha value is 0.573. The molecular weight excluding hydrogens is 288 g/mol. The molecule has 0 N–H and O–H groups in total. The van der Waals surface area contributed by atoms with E-state index >= 15 is 0 Å². The summed E-state index contributed by atoms with van der Waals surface area (Å²) in [4.78, 5) is 0. The van der Waals surface area contributed by atoms with Crippen LogP contribution in [-0.2, 0) is 19.5 Å². The van der Waals surface area contributed by atoms with Crippen LogP contribution in [0, 0.1) is 19.9 Å². The van der Waals surface area contributed by atoms with Gasteiger partial charge >= 0.3 is 19.5 Å². The predicted octanol–water partition coefficient (Wildman–Crippen LogP) is -0.895. The van der Waals surface area contributed by atoms with Crippen molar-refractivity contribution >= 4 is 0 Å². The molecule has 0 aliphatic heterocycles. The first-order valence-electron chi connectivity index (χ1n) is 2.74. The number of hydrogen-bond acceptors (Lipinski definition) is 0. The molecule has 0 bridgehead atoms. The van der Waals surface area contributed by atoms with Crippen LogP contribution in [0.1, 0.15) is 11.1 Å². The second kappa shape index (κ2) is 6.29. The average molecular weight is 297 g/mol. The molecule has 1 aromatic carbocycles. The smallest absolute Gasteiger partial charge is 1.00 e. The Morgan fingerprint density at radius 2 is 1.80 bits per heavy atom. The molecular formula is C8H9IZn. The molecule has 0 aliphatic rings. The number of benzene rings is 1. The monoisotopic (exact) mass is 296 g/mol. The zero-order chi connectivity index (χ0) is 5.98. The van der Waals surface area contributed by atoms with Gasteiger partial charge in [0.15, 0.2) is 0 Å². The Morgan fingerprint density at radius 1 is 1.20 bits per heavy atom. The van der Waals surface area contributed by atoms with E-state index in [-0.39, 0.29) is 43.5 Å². The van der Waals surface area contributed by atoms with E-state index in [1.807, 2.05) is 12.1 Å². The van der Waals surface area contributed by atoms with Crippen LogP contribution in [0.15, 0.2) is 18.2 Å². The molecule has 0 unspecified atom stereocenters. The number of hydrogen-bond donors (Lipinski definition) is 0. The van der Waals surface area contributed by atoms with E-state index in [0.717, 1.165) is 0 Å². The topological polar surface area (TPSA) is 0 Å². The van der Waals surface area contributed by atoms with E-state index in [1.54, 1.807) is 0 Å². The predicted molar refractivity (Wildman–Crippen MR) is 34.8 cm³/mol. The van der Waals surface area contributed by atoms with Gasteiger partial charge in [-0.2, -0.15) is 35.4 Å². The van der Waals surface area contributed by atoms with E-state index in [0.29, 0.717) is 0 Å². The van der Waals surface area contributed by atoms with Gasteiger partial charge in [-0.1, -0.05) is 13.8 Å². The van der Waals surface area contributed by atoms with Crippen molar-refractivity contribution in [1.29, 1.82) is 0 Å². The molecule has 0 saturated heterocycles. The summed E-state index contributed by atoms with van der Waals surface area (Å²) in [7, 11) is 0. The van der Waals surface area contributed by atoms with Crippen LogP contribution in [0.3, 0.4) is 0 Å². The summed E-state index contributed by atoms with van der Waals surface area (Å²) in [6.07, 6.45) is 0. The van der Waals surface area contributed by atoms with Gasteiger partial charge in [-0.15, -0.1) is 0 Å². The van der Waals surface area contributed by atoms with Crippen LogP contribution in [0.5, 0.6) is 0 Å². The van der Waals surface area contributed by atoms with Crippen LogP contribution in [0.2, 0.25) is 0 Å². The molecule has 0 aromatic heterocycles. The first-order valence-corrected chi connectivity index (χ1v) is 2.74. The Labute approximate surface area is 92.2 Å². The van der Waals surface area contributed by atoms with Crippen molar-refractivity contribution < 1.29 is 43.5 Å². The zero-order valence-corrected chi connectivity index (χ0v) is 11.4. The van der Waals surface area contributed by atoms with Gasteiger partial charge in [0, 0.05) is 0 Å². The summed E-state index contributed by atoms with van der Waals surface area (Å²) in [6.45, 7) is 4.19. The fourth-order valence-electron chi connectivity index (χ4n) is 0.592. The Kier molecular flexibility index (Phi) is 8.30. The third-order valence-electron chi connectivity index (χ3n) is 1.35. The molecule has 2 heteroatoms. The van der Waals surface area contributed by atoms with Crippen LogP contribution in [0.4, 0.5) is 0 Å². The van der Waals surface area contributed by atoms with Gasteiger partial charge in [0.1, 0.15) is 0 Å². The van der Waals surface area contributed by atoms with Gasteiger partial charge in [-0.25, -0.2) is 0 Å². The molecule has 50 valence electrons. The maximum absolute atomic E-state index is 3.00. The summed E-state index contributed by atoms with van der Waals surface area (Å²) in [5.74, 6) is 0. The van der Waals surface area contributed by atoms with E-state index in [9.17, 15) is 0 Å². The molecule has 0 aliphatic carbocycles. The van der Waals surface area contributed by atoms with E-state index in [2.05, 4.69) is 26.0 Å². The molecule has 1 aromatic rings. The SMILES string of the molecule is Cc1c[c-]ccc1C.[I-].[Zn+2]. The number of rotatable bonds is 0. The summed E-state index contributed by atoms with van der Waals surface area (Å²) < 4.78 is 0. The molecule has 1 rings (SSSR count). The summed E-state index contributed by atoms with van der Waals surface area (Å²) in [6, 6.07) is 8.99. The Bertz CT molecular complexity index is 165. The molecule has 0 atom stereocenters. The minimum absolute atomic E-state index is 0. The first kappa shape index (κ1) is 13.2. The van der Waals surface area contributed by atoms with E-state index in [1.165, 1.54) is 11.1 Å². The maximum atomic E-state index is 3.00. The van der Waals surface area contributed by atoms with E-state index in [4.69, 9.17) is 0 Å². The first-order chi connectivity index (χ1) is 3.80. The van der Waals surface area contributed by atoms with Crippen LogP contribution in [-0.4, -0.2) is 0 Å². The van der Waals surface area contributed by atoms with Crippen molar-refractivity contribution in [3.63, 3.8) is 0 Å². The van der Waals surface area contributed by atoms with Crippen molar-refractivity contribution in [1.82, 2.24) is 0 Å². The molecule has 0 radical (unpaired) electrons. The van der Waals surface area contributed by atoms with Gasteiger partial charge in [0.25, 0.3) is 0 Å². The minimum Gasteiger partial charge on any atom is -1.00 e. The second-order valence-electron chi connectivity index (χ2n) is 2.01. The largest absolute Gasteiger partial charge is 2.00 e. The number of aryl methyl sites for hydroxylation is 2. The standard InChI is InChI=1S/C8H9.HI.Zn/c1-7-5-3-4-6-8(7)2;;/h3,5-6H,1-2H3;1H;/q-1;;+2/p-1. The average Bonchev–Trinajstić information content (AvgIpc) is 1.77. The quantitative estimate of drug-likeness (QED) is 0.331. The van der Waals surface area contributed by atoms with Crippen LogP contribution in [0.25, 0.3) is 0 Å². The summed E-state index contributed by atoms with van der Waals surface area (Å²) in [5.41, 5.74) is 2.65. The Balaban J connectivity index is 0. The third kappa shape index (κ3) is 3.67. The number of halogens is 1. The van der Waals surface area contributed by atoms with Crippen molar-refractivity contribution in [2.24, 2.45) is 0 Å². The molecule has 0 nitrogen and oxygen atoms in total. The van der Waals surface area contributed by atoms with Gasteiger partial charge in [-0.05, 0) is 0 Å². The fourth-order valence-corrected chi connectivity index (χ4v) is 0.592. The van der Waals surface area contributed by atoms with Crippen molar-refractivity contribution in [2.75, 3.05) is 0 Å². The van der Waals surface area contributed by atoms with Crippen molar-refractivity contribution in [3.05, 3.63) is 35.4 Å². The van der Waals surface area contributed by atoms with Crippen molar-refractivity contribution in [3.8, 4) is 0 Å².